The van der Waals surface area contributed by atoms with E-state index in [9.17, 15) is 4.79 Å². The summed E-state index contributed by atoms with van der Waals surface area (Å²) in [5, 5.41) is 15.6. The van der Waals surface area contributed by atoms with Gasteiger partial charge in [-0.05, 0) is 12.5 Å². The highest BCUT2D eigenvalue weighted by Gasteiger charge is 2.10. The van der Waals surface area contributed by atoms with Gasteiger partial charge in [0.15, 0.2) is 0 Å². The second-order valence-electron chi connectivity index (χ2n) is 4.28. The van der Waals surface area contributed by atoms with Gasteiger partial charge in [-0.15, -0.1) is 0 Å². The normalized spacial score (nSPS) is 10.3. The molecule has 1 aromatic carbocycles. The van der Waals surface area contributed by atoms with E-state index in [2.05, 4.69) is 10.4 Å². The fraction of sp³-hybridized carbons (Fsp3) is 0.286. The zero-order chi connectivity index (χ0) is 14.4. The molecule has 0 aliphatic rings. The number of anilines is 1. The number of carbonyl (C=O) groups is 1. The SMILES string of the molecule is Cc1c(NC(=O)OCc2ccccc2)cnn1CCO. The molecule has 2 aromatic rings. The van der Waals surface area contributed by atoms with Gasteiger partial charge in [0.05, 0.1) is 30.7 Å². The largest absolute Gasteiger partial charge is 0.444 e. The van der Waals surface area contributed by atoms with Crippen molar-refractivity contribution in [1.29, 1.82) is 0 Å². The molecule has 6 nitrogen and oxygen atoms in total. The van der Waals surface area contributed by atoms with E-state index in [1.165, 1.54) is 6.20 Å². The van der Waals surface area contributed by atoms with E-state index in [1.54, 1.807) is 4.68 Å². The van der Waals surface area contributed by atoms with Crippen molar-refractivity contribution in [3.63, 3.8) is 0 Å². The number of benzene rings is 1. The maximum Gasteiger partial charge on any atom is 0.412 e. The van der Waals surface area contributed by atoms with Gasteiger partial charge in [0.25, 0.3) is 0 Å². The standard InChI is InChI=1S/C14H17N3O3/c1-11-13(9-15-17(11)7-8-18)16-14(19)20-10-12-5-3-2-4-6-12/h2-6,9,18H,7-8,10H2,1H3,(H,16,19). The number of ether oxygens (including phenoxy) is 1. The van der Waals surface area contributed by atoms with Crippen molar-refractivity contribution >= 4 is 11.8 Å². The first-order valence-corrected chi connectivity index (χ1v) is 6.31. The average molecular weight is 275 g/mol. The monoisotopic (exact) mass is 275 g/mol. The number of nitrogens with one attached hydrogen (secondary N) is 1. The van der Waals surface area contributed by atoms with Crippen molar-refractivity contribution in [2.75, 3.05) is 11.9 Å². The summed E-state index contributed by atoms with van der Waals surface area (Å²) >= 11 is 0. The minimum atomic E-state index is -0.527. The highest BCUT2D eigenvalue weighted by Crippen LogP contribution is 2.14. The second kappa shape index (κ2) is 6.72. The molecule has 0 radical (unpaired) electrons. The Morgan fingerprint density at radius 3 is 2.85 bits per heavy atom. The lowest BCUT2D eigenvalue weighted by molar-refractivity contribution is 0.155. The molecule has 0 saturated heterocycles. The van der Waals surface area contributed by atoms with Crippen LogP contribution in [0.5, 0.6) is 0 Å². The summed E-state index contributed by atoms with van der Waals surface area (Å²) in [4.78, 5) is 11.7. The smallest absolute Gasteiger partial charge is 0.412 e. The van der Waals surface area contributed by atoms with Crippen LogP contribution < -0.4 is 5.32 Å². The van der Waals surface area contributed by atoms with Crippen LogP contribution in [-0.2, 0) is 17.9 Å². The third-order valence-electron chi connectivity index (χ3n) is 2.86. The van der Waals surface area contributed by atoms with Crippen molar-refractivity contribution in [2.24, 2.45) is 0 Å². The van der Waals surface area contributed by atoms with Gasteiger partial charge in [0, 0.05) is 0 Å². The minimum absolute atomic E-state index is 0.000410. The van der Waals surface area contributed by atoms with Crippen LogP contribution >= 0.6 is 0 Å². The van der Waals surface area contributed by atoms with Gasteiger partial charge in [0.2, 0.25) is 0 Å². The van der Waals surface area contributed by atoms with E-state index < -0.39 is 6.09 Å². The van der Waals surface area contributed by atoms with Crippen molar-refractivity contribution in [3.8, 4) is 0 Å². The third kappa shape index (κ3) is 3.58. The van der Waals surface area contributed by atoms with Gasteiger partial charge in [-0.1, -0.05) is 30.3 Å². The molecule has 1 heterocycles. The Labute approximate surface area is 117 Å². The average Bonchev–Trinajstić information content (AvgIpc) is 2.80. The summed E-state index contributed by atoms with van der Waals surface area (Å²) in [6, 6.07) is 9.46. The van der Waals surface area contributed by atoms with Crippen molar-refractivity contribution in [2.45, 2.75) is 20.1 Å². The summed E-state index contributed by atoms with van der Waals surface area (Å²) in [5.41, 5.74) is 2.28. The van der Waals surface area contributed by atoms with Crippen LogP contribution in [0.15, 0.2) is 36.5 Å². The number of rotatable bonds is 5. The first-order valence-electron chi connectivity index (χ1n) is 6.31. The quantitative estimate of drug-likeness (QED) is 0.874. The maximum atomic E-state index is 11.7. The van der Waals surface area contributed by atoms with E-state index >= 15 is 0 Å². The Bertz CT molecular complexity index is 566. The number of nitrogens with zero attached hydrogens (tertiary/aromatic N) is 2. The molecule has 0 spiro atoms. The molecule has 0 fully saturated rings. The number of carbonyl (C=O) groups excluding carboxylic acids is 1. The lowest BCUT2D eigenvalue weighted by Crippen LogP contribution is -2.14. The van der Waals surface area contributed by atoms with Gasteiger partial charge < -0.3 is 9.84 Å². The van der Waals surface area contributed by atoms with Gasteiger partial charge in [-0.2, -0.15) is 5.10 Å². The van der Waals surface area contributed by atoms with Gasteiger partial charge >= 0.3 is 6.09 Å². The molecule has 0 bridgehead atoms. The highest BCUT2D eigenvalue weighted by molar-refractivity contribution is 5.85. The second-order valence-corrected chi connectivity index (χ2v) is 4.28. The fourth-order valence-electron chi connectivity index (χ4n) is 1.76. The molecule has 20 heavy (non-hydrogen) atoms. The first kappa shape index (κ1) is 14.1. The summed E-state index contributed by atoms with van der Waals surface area (Å²) in [5.74, 6) is 0. The molecule has 2 rings (SSSR count). The zero-order valence-electron chi connectivity index (χ0n) is 11.2. The number of hydrogen-bond acceptors (Lipinski definition) is 4. The summed E-state index contributed by atoms with van der Waals surface area (Å²) in [6.07, 6.45) is 1.01. The van der Waals surface area contributed by atoms with Gasteiger partial charge in [-0.3, -0.25) is 10.00 Å². The van der Waals surface area contributed by atoms with Crippen molar-refractivity contribution < 1.29 is 14.6 Å². The molecule has 106 valence electrons. The number of aromatic nitrogens is 2. The molecule has 0 saturated carbocycles. The van der Waals surface area contributed by atoms with Crippen LogP contribution in [-0.4, -0.2) is 27.6 Å². The number of aliphatic hydroxyl groups excluding tert-OH is 1. The molecule has 2 N–H and O–H groups in total. The van der Waals surface area contributed by atoms with E-state index in [1.807, 2.05) is 37.3 Å². The van der Waals surface area contributed by atoms with E-state index in [4.69, 9.17) is 9.84 Å². The minimum Gasteiger partial charge on any atom is -0.444 e. The van der Waals surface area contributed by atoms with Crippen LogP contribution in [0, 0.1) is 6.92 Å². The Balaban J connectivity index is 1.88. The topological polar surface area (TPSA) is 76.4 Å². The van der Waals surface area contributed by atoms with Crippen LogP contribution in [0.1, 0.15) is 11.3 Å². The molecule has 1 amide bonds. The predicted molar refractivity (Wildman–Crippen MR) is 74.3 cm³/mol. The van der Waals surface area contributed by atoms with E-state index in [0.29, 0.717) is 12.2 Å². The Hall–Kier alpha value is -2.34. The Morgan fingerprint density at radius 2 is 2.15 bits per heavy atom. The van der Waals surface area contributed by atoms with Crippen LogP contribution in [0.3, 0.4) is 0 Å². The third-order valence-corrected chi connectivity index (χ3v) is 2.86. The van der Waals surface area contributed by atoms with Crippen LogP contribution in [0.25, 0.3) is 0 Å². The lowest BCUT2D eigenvalue weighted by Gasteiger charge is -2.07. The number of amides is 1. The summed E-state index contributed by atoms with van der Waals surface area (Å²) in [7, 11) is 0. The molecule has 0 aliphatic carbocycles. The molecule has 1 aromatic heterocycles. The Kier molecular flexibility index (Phi) is 4.73. The summed E-state index contributed by atoms with van der Waals surface area (Å²) in [6.45, 7) is 2.43. The molecular formula is C14H17N3O3. The predicted octanol–water partition coefficient (Wildman–Crippen LogP) is 1.93. The maximum absolute atomic E-state index is 11.7. The van der Waals surface area contributed by atoms with Crippen molar-refractivity contribution in [3.05, 3.63) is 47.8 Å². The lowest BCUT2D eigenvalue weighted by atomic mass is 10.2. The number of hydrogen-bond donors (Lipinski definition) is 2. The van der Waals surface area contributed by atoms with Gasteiger partial charge in [-0.25, -0.2) is 4.79 Å². The first-order chi connectivity index (χ1) is 9.70. The molecule has 0 aliphatic heterocycles. The van der Waals surface area contributed by atoms with E-state index in [0.717, 1.165) is 11.3 Å². The fourth-order valence-corrected chi connectivity index (χ4v) is 1.76. The highest BCUT2D eigenvalue weighted by atomic mass is 16.5. The van der Waals surface area contributed by atoms with Crippen LogP contribution in [0.2, 0.25) is 0 Å². The number of aliphatic hydroxyl groups is 1. The molecule has 6 heteroatoms. The van der Waals surface area contributed by atoms with Crippen LogP contribution in [0.4, 0.5) is 10.5 Å². The van der Waals surface area contributed by atoms with Gasteiger partial charge in [0.1, 0.15) is 6.61 Å². The van der Waals surface area contributed by atoms with E-state index in [-0.39, 0.29) is 13.2 Å². The van der Waals surface area contributed by atoms with Crippen molar-refractivity contribution in [1.82, 2.24) is 9.78 Å². The zero-order valence-corrected chi connectivity index (χ0v) is 11.2. The Morgan fingerprint density at radius 1 is 1.40 bits per heavy atom. The summed E-state index contributed by atoms with van der Waals surface area (Å²) < 4.78 is 6.74. The molecule has 0 atom stereocenters. The molecule has 0 unspecified atom stereocenters. The molecular weight excluding hydrogens is 258 g/mol.